The molecule has 0 saturated carbocycles. The summed E-state index contributed by atoms with van der Waals surface area (Å²) in [5.41, 5.74) is 1.16. The van der Waals surface area contributed by atoms with Crippen molar-refractivity contribution >= 4 is 11.3 Å². The molecule has 0 spiro atoms. The smallest absolute Gasteiger partial charge is 0.306 e. The zero-order chi connectivity index (χ0) is 11.3. The maximum absolute atomic E-state index is 11.2. The van der Waals surface area contributed by atoms with E-state index in [9.17, 15) is 4.79 Å². The Balaban J connectivity index is 2.38. The molecule has 15 heavy (non-hydrogen) atoms. The van der Waals surface area contributed by atoms with Crippen LogP contribution in [0.5, 0.6) is 0 Å². The first-order chi connectivity index (χ1) is 7.19. The third-order valence-corrected chi connectivity index (χ3v) is 3.67. The van der Waals surface area contributed by atoms with Gasteiger partial charge in [-0.05, 0) is 32.5 Å². The van der Waals surface area contributed by atoms with Crippen molar-refractivity contribution in [2.24, 2.45) is 7.05 Å². The largest absolute Gasteiger partial charge is 0.307 e. The van der Waals surface area contributed by atoms with Crippen molar-refractivity contribution in [2.75, 3.05) is 19.6 Å². The average molecular weight is 228 g/mol. The molecule has 0 aliphatic heterocycles. The van der Waals surface area contributed by atoms with Crippen LogP contribution in [0.2, 0.25) is 0 Å². The molecule has 0 N–H and O–H groups in total. The van der Waals surface area contributed by atoms with Gasteiger partial charge in [0.2, 0.25) is 0 Å². The molecule has 0 saturated heterocycles. The van der Waals surface area contributed by atoms with Gasteiger partial charge in [0.15, 0.2) is 0 Å². The van der Waals surface area contributed by atoms with Gasteiger partial charge in [0, 0.05) is 18.1 Å². The molecular weight excluding hydrogens is 208 g/mol. The van der Waals surface area contributed by atoms with Crippen LogP contribution in [0, 0.1) is 0 Å². The van der Waals surface area contributed by atoms with Gasteiger partial charge in [-0.25, -0.2) is 0 Å². The fourth-order valence-electron chi connectivity index (χ4n) is 1.64. The third-order valence-electron chi connectivity index (χ3n) is 2.80. The normalized spacial score (nSPS) is 11.2. The van der Waals surface area contributed by atoms with Crippen LogP contribution in [0.4, 0.5) is 0 Å². The zero-order valence-corrected chi connectivity index (χ0v) is 10.6. The van der Waals surface area contributed by atoms with Crippen molar-refractivity contribution in [3.63, 3.8) is 0 Å². The highest BCUT2D eigenvalue weighted by Gasteiger charge is 2.03. The molecule has 0 bridgehead atoms. The van der Waals surface area contributed by atoms with Gasteiger partial charge in [0.1, 0.15) is 0 Å². The molecule has 4 heteroatoms. The molecule has 1 aromatic rings. The second kappa shape index (κ2) is 6.08. The molecule has 0 fully saturated rings. The lowest BCUT2D eigenvalue weighted by molar-refractivity contribution is 0.299. The fraction of sp³-hybridized carbons (Fsp3) is 0.727. The molecule has 0 aliphatic carbocycles. The Morgan fingerprint density at radius 3 is 2.53 bits per heavy atom. The first-order valence-corrected chi connectivity index (χ1v) is 6.42. The molecule has 0 radical (unpaired) electrons. The van der Waals surface area contributed by atoms with Crippen molar-refractivity contribution in [1.82, 2.24) is 9.47 Å². The minimum atomic E-state index is 0.146. The quantitative estimate of drug-likeness (QED) is 0.741. The molecule has 0 unspecified atom stereocenters. The number of hydrogen-bond acceptors (Lipinski definition) is 3. The van der Waals surface area contributed by atoms with Crippen LogP contribution in [0.3, 0.4) is 0 Å². The predicted octanol–water partition coefficient (Wildman–Crippen LogP) is 1.72. The van der Waals surface area contributed by atoms with Crippen molar-refractivity contribution in [1.29, 1.82) is 0 Å². The molecule has 0 aliphatic rings. The van der Waals surface area contributed by atoms with E-state index in [1.54, 1.807) is 4.57 Å². The van der Waals surface area contributed by atoms with Gasteiger partial charge in [0.25, 0.3) is 0 Å². The molecule has 0 aromatic carbocycles. The Labute approximate surface area is 95.3 Å². The number of nitrogens with zero attached hydrogens (tertiary/aromatic N) is 2. The van der Waals surface area contributed by atoms with Crippen LogP contribution in [-0.4, -0.2) is 29.1 Å². The lowest BCUT2D eigenvalue weighted by Gasteiger charge is -2.17. The Kier molecular flexibility index (Phi) is 5.05. The summed E-state index contributed by atoms with van der Waals surface area (Å²) >= 11 is 1.30. The van der Waals surface area contributed by atoms with E-state index in [0.29, 0.717) is 0 Å². The fourth-order valence-corrected chi connectivity index (χ4v) is 2.43. The topological polar surface area (TPSA) is 25.2 Å². The Hall–Kier alpha value is -0.610. The standard InChI is InChI=1S/C11H20N2OS/c1-4-13(5-2)8-6-7-10-9-15-11(14)12(10)3/h9H,4-8H2,1-3H3. The highest BCUT2D eigenvalue weighted by Crippen LogP contribution is 2.04. The van der Waals surface area contributed by atoms with E-state index >= 15 is 0 Å². The Morgan fingerprint density at radius 1 is 1.40 bits per heavy atom. The summed E-state index contributed by atoms with van der Waals surface area (Å²) in [6.07, 6.45) is 2.14. The van der Waals surface area contributed by atoms with Gasteiger partial charge in [-0.1, -0.05) is 25.2 Å². The molecule has 1 rings (SSSR count). The lowest BCUT2D eigenvalue weighted by Crippen LogP contribution is -2.24. The van der Waals surface area contributed by atoms with E-state index in [1.807, 2.05) is 12.4 Å². The number of aryl methyl sites for hydroxylation is 1. The van der Waals surface area contributed by atoms with E-state index in [2.05, 4.69) is 18.7 Å². The molecule has 86 valence electrons. The van der Waals surface area contributed by atoms with Crippen LogP contribution in [0.25, 0.3) is 0 Å². The highest BCUT2D eigenvalue weighted by molar-refractivity contribution is 7.07. The van der Waals surface area contributed by atoms with Crippen LogP contribution in [0.1, 0.15) is 26.0 Å². The minimum absolute atomic E-state index is 0.146. The predicted molar refractivity (Wildman–Crippen MR) is 65.7 cm³/mol. The summed E-state index contributed by atoms with van der Waals surface area (Å²) in [5, 5.41) is 1.98. The van der Waals surface area contributed by atoms with Crippen LogP contribution >= 0.6 is 11.3 Å². The monoisotopic (exact) mass is 228 g/mol. The van der Waals surface area contributed by atoms with Crippen LogP contribution in [0.15, 0.2) is 10.2 Å². The maximum Gasteiger partial charge on any atom is 0.307 e. The second-order valence-corrected chi connectivity index (χ2v) is 4.50. The summed E-state index contributed by atoms with van der Waals surface area (Å²) in [6, 6.07) is 0. The van der Waals surface area contributed by atoms with Crippen molar-refractivity contribution < 1.29 is 0 Å². The number of aromatic nitrogens is 1. The highest BCUT2D eigenvalue weighted by atomic mass is 32.1. The molecule has 0 amide bonds. The second-order valence-electron chi connectivity index (χ2n) is 3.68. The van der Waals surface area contributed by atoms with Gasteiger partial charge < -0.3 is 9.47 Å². The summed E-state index contributed by atoms with van der Waals surface area (Å²) in [5.74, 6) is 0. The number of rotatable bonds is 6. The molecule has 3 nitrogen and oxygen atoms in total. The first-order valence-electron chi connectivity index (χ1n) is 5.54. The van der Waals surface area contributed by atoms with Gasteiger partial charge >= 0.3 is 4.87 Å². The zero-order valence-electron chi connectivity index (χ0n) is 9.82. The van der Waals surface area contributed by atoms with Gasteiger partial charge in [-0.2, -0.15) is 0 Å². The summed E-state index contributed by atoms with van der Waals surface area (Å²) < 4.78 is 1.76. The van der Waals surface area contributed by atoms with E-state index in [-0.39, 0.29) is 4.87 Å². The molecule has 1 heterocycles. The maximum atomic E-state index is 11.2. The summed E-state index contributed by atoms with van der Waals surface area (Å²) in [4.78, 5) is 13.8. The molecule has 1 aromatic heterocycles. The van der Waals surface area contributed by atoms with Gasteiger partial charge in [-0.15, -0.1) is 0 Å². The third kappa shape index (κ3) is 3.47. The van der Waals surface area contributed by atoms with E-state index < -0.39 is 0 Å². The van der Waals surface area contributed by atoms with Crippen molar-refractivity contribution in [3.8, 4) is 0 Å². The van der Waals surface area contributed by atoms with E-state index in [1.165, 1.54) is 11.3 Å². The van der Waals surface area contributed by atoms with E-state index in [4.69, 9.17) is 0 Å². The van der Waals surface area contributed by atoms with Gasteiger partial charge in [0.05, 0.1) is 0 Å². The molecule has 0 atom stereocenters. The van der Waals surface area contributed by atoms with Crippen molar-refractivity contribution in [3.05, 3.63) is 20.7 Å². The van der Waals surface area contributed by atoms with Crippen LogP contribution in [-0.2, 0) is 13.5 Å². The van der Waals surface area contributed by atoms with E-state index in [0.717, 1.165) is 38.2 Å². The van der Waals surface area contributed by atoms with Crippen molar-refractivity contribution in [2.45, 2.75) is 26.7 Å². The summed E-state index contributed by atoms with van der Waals surface area (Å²) in [6.45, 7) is 7.71. The molecular formula is C11H20N2OS. The number of hydrogen-bond donors (Lipinski definition) is 0. The first kappa shape index (κ1) is 12.5. The van der Waals surface area contributed by atoms with Gasteiger partial charge in [-0.3, -0.25) is 4.79 Å². The average Bonchev–Trinajstić information content (AvgIpc) is 2.56. The Bertz CT molecular complexity index is 339. The Morgan fingerprint density at radius 2 is 2.07 bits per heavy atom. The van der Waals surface area contributed by atoms with Crippen LogP contribution < -0.4 is 4.87 Å². The summed E-state index contributed by atoms with van der Waals surface area (Å²) in [7, 11) is 1.85. The lowest BCUT2D eigenvalue weighted by atomic mass is 10.2. The minimum Gasteiger partial charge on any atom is -0.306 e. The number of thiazole rings is 1. The SMILES string of the molecule is CCN(CC)CCCc1csc(=O)n1C.